The fraction of sp³-hybridized carbons (Fsp3) is 0.167. The van der Waals surface area contributed by atoms with Crippen LogP contribution in [0.4, 0.5) is 34.1 Å². The summed E-state index contributed by atoms with van der Waals surface area (Å²) in [6.45, 7) is 8.32. The Balaban J connectivity index is 0.907. The van der Waals surface area contributed by atoms with E-state index < -0.39 is 11.4 Å². The highest BCUT2D eigenvalue weighted by atomic mass is 16.5. The van der Waals surface area contributed by atoms with E-state index in [1.807, 2.05) is 92.7 Å². The summed E-state index contributed by atoms with van der Waals surface area (Å²) in [5, 5.41) is 0. The van der Waals surface area contributed by atoms with Gasteiger partial charge in [-0.2, -0.15) is 0 Å². The van der Waals surface area contributed by atoms with Crippen LogP contribution in [0.25, 0.3) is 11.1 Å². The Morgan fingerprint density at radius 3 is 1.70 bits per heavy atom. The predicted molar refractivity (Wildman–Crippen MR) is 270 cm³/mol. The molecular formula is C60H56N2O4. The standard InChI is InChI=1S/C60H56N2O4/c1-5-47(48-30-38-57(39-31-48)66-58(63)40-25-45-16-12-13-17-45)42-60(3,4)59(64)65-43-46-23-32-53(33-24-46)61(51-18-8-6-9-19-51)54-34-26-49(27-35-54)50-28-36-55(37-29-50)62(52-20-10-7-11-21-52)56-22-14-15-44(2)41-56/h6-16,18-41,47H,5,17,42-43H2,1-4H3/b40-25+. The van der Waals surface area contributed by atoms with Gasteiger partial charge in [-0.15, -0.1) is 0 Å². The molecule has 1 aliphatic carbocycles. The molecule has 0 fully saturated rings. The number of benzene rings is 7. The quantitative estimate of drug-likeness (QED) is 0.0516. The van der Waals surface area contributed by atoms with Crippen LogP contribution in [0.1, 0.15) is 62.6 Å². The summed E-state index contributed by atoms with van der Waals surface area (Å²) in [5.41, 5.74) is 12.2. The third-order valence-electron chi connectivity index (χ3n) is 12.0. The van der Waals surface area contributed by atoms with Crippen molar-refractivity contribution in [2.45, 2.75) is 59.5 Å². The van der Waals surface area contributed by atoms with Crippen molar-refractivity contribution in [2.75, 3.05) is 9.80 Å². The van der Waals surface area contributed by atoms with E-state index in [0.717, 1.165) is 74.8 Å². The number of esters is 2. The van der Waals surface area contributed by atoms with Gasteiger partial charge in [-0.3, -0.25) is 4.79 Å². The summed E-state index contributed by atoms with van der Waals surface area (Å²) in [6.07, 6.45) is 11.5. The van der Waals surface area contributed by atoms with Crippen molar-refractivity contribution in [2.24, 2.45) is 5.41 Å². The maximum Gasteiger partial charge on any atom is 0.336 e. The monoisotopic (exact) mass is 868 g/mol. The van der Waals surface area contributed by atoms with Crippen molar-refractivity contribution in [3.63, 3.8) is 0 Å². The summed E-state index contributed by atoms with van der Waals surface area (Å²) in [6, 6.07) is 62.6. The summed E-state index contributed by atoms with van der Waals surface area (Å²) < 4.78 is 11.5. The molecule has 0 spiro atoms. The molecule has 330 valence electrons. The number of rotatable bonds is 17. The first-order valence-electron chi connectivity index (χ1n) is 22.7. The smallest absolute Gasteiger partial charge is 0.336 e. The number of ether oxygens (including phenoxy) is 2. The van der Waals surface area contributed by atoms with Crippen LogP contribution in [-0.4, -0.2) is 11.9 Å². The lowest BCUT2D eigenvalue weighted by Gasteiger charge is -2.28. The number of hydrogen-bond acceptors (Lipinski definition) is 6. The van der Waals surface area contributed by atoms with Gasteiger partial charge in [-0.25, -0.2) is 4.79 Å². The highest BCUT2D eigenvalue weighted by molar-refractivity contribution is 5.85. The Bertz CT molecular complexity index is 2810. The van der Waals surface area contributed by atoms with Crippen LogP contribution in [0, 0.1) is 12.3 Å². The average Bonchev–Trinajstić information content (AvgIpc) is 3.88. The zero-order chi connectivity index (χ0) is 45.9. The molecule has 1 aliphatic rings. The van der Waals surface area contributed by atoms with Crippen LogP contribution in [0.5, 0.6) is 5.75 Å². The number of aryl methyl sites for hydroxylation is 1. The van der Waals surface area contributed by atoms with Crippen LogP contribution in [0.2, 0.25) is 0 Å². The minimum atomic E-state index is -0.720. The summed E-state index contributed by atoms with van der Waals surface area (Å²) in [4.78, 5) is 30.5. The molecule has 1 atom stereocenters. The second-order valence-electron chi connectivity index (χ2n) is 17.4. The maximum atomic E-state index is 13.6. The Morgan fingerprint density at radius 2 is 1.17 bits per heavy atom. The van der Waals surface area contributed by atoms with Gasteiger partial charge in [0.1, 0.15) is 12.4 Å². The van der Waals surface area contributed by atoms with E-state index >= 15 is 0 Å². The van der Waals surface area contributed by atoms with E-state index in [9.17, 15) is 9.59 Å². The van der Waals surface area contributed by atoms with Gasteiger partial charge < -0.3 is 19.3 Å². The zero-order valence-electron chi connectivity index (χ0n) is 38.1. The number of nitrogens with zero attached hydrogens (tertiary/aromatic N) is 2. The molecule has 1 unspecified atom stereocenters. The molecule has 6 heteroatoms. The van der Waals surface area contributed by atoms with E-state index in [4.69, 9.17) is 9.47 Å². The molecule has 8 rings (SSSR count). The third kappa shape index (κ3) is 11.1. The van der Waals surface area contributed by atoms with E-state index in [2.05, 4.69) is 145 Å². The van der Waals surface area contributed by atoms with E-state index in [1.54, 1.807) is 6.08 Å². The molecule has 66 heavy (non-hydrogen) atoms. The Kier molecular flexibility index (Phi) is 14.2. The minimum Gasteiger partial charge on any atom is -0.460 e. The minimum absolute atomic E-state index is 0.122. The van der Waals surface area contributed by atoms with Crippen molar-refractivity contribution in [3.05, 3.63) is 235 Å². The third-order valence-corrected chi connectivity index (χ3v) is 12.0. The topological polar surface area (TPSA) is 59.1 Å². The summed E-state index contributed by atoms with van der Waals surface area (Å²) in [5.74, 6) is -0.0453. The highest BCUT2D eigenvalue weighted by Crippen LogP contribution is 2.39. The lowest BCUT2D eigenvalue weighted by Crippen LogP contribution is -2.28. The number of carbonyl (C=O) groups is 2. The van der Waals surface area contributed by atoms with Gasteiger partial charge >= 0.3 is 11.9 Å². The Hall–Kier alpha value is -7.70. The molecule has 0 saturated carbocycles. The number of anilines is 6. The molecule has 0 saturated heterocycles. The maximum absolute atomic E-state index is 13.6. The largest absolute Gasteiger partial charge is 0.460 e. The molecule has 0 aliphatic heterocycles. The fourth-order valence-electron chi connectivity index (χ4n) is 8.42. The van der Waals surface area contributed by atoms with E-state index in [0.29, 0.717) is 12.2 Å². The van der Waals surface area contributed by atoms with Gasteiger partial charge in [0.15, 0.2) is 0 Å². The first-order valence-corrected chi connectivity index (χ1v) is 22.7. The summed E-state index contributed by atoms with van der Waals surface area (Å²) in [7, 11) is 0. The van der Waals surface area contributed by atoms with Crippen molar-refractivity contribution in [3.8, 4) is 16.9 Å². The first kappa shape index (κ1) is 44.9. The van der Waals surface area contributed by atoms with Crippen molar-refractivity contribution >= 4 is 46.1 Å². The molecule has 7 aromatic rings. The Morgan fingerprint density at radius 1 is 0.636 bits per heavy atom. The van der Waals surface area contributed by atoms with Crippen LogP contribution in [-0.2, 0) is 20.9 Å². The van der Waals surface area contributed by atoms with Gasteiger partial charge in [0.2, 0.25) is 0 Å². The first-order chi connectivity index (χ1) is 32.1. The van der Waals surface area contributed by atoms with E-state index in [-0.39, 0.29) is 18.5 Å². The number of carbonyl (C=O) groups excluding carboxylic acids is 2. The van der Waals surface area contributed by atoms with Crippen molar-refractivity contribution in [1.29, 1.82) is 0 Å². The molecule has 0 N–H and O–H groups in total. The fourth-order valence-corrected chi connectivity index (χ4v) is 8.42. The SMILES string of the molecule is CCC(CC(C)(C)C(=O)OCc1ccc(N(c2ccccc2)c2ccc(-c3ccc(N(c4ccccc4)c4cccc(C)c4)cc3)cc2)cc1)c1ccc(OC(=O)/C=C/C2=CC=CC2)cc1. The van der Waals surface area contributed by atoms with Crippen molar-refractivity contribution in [1.82, 2.24) is 0 Å². The lowest BCUT2D eigenvalue weighted by atomic mass is 9.79. The highest BCUT2D eigenvalue weighted by Gasteiger charge is 2.33. The second kappa shape index (κ2) is 20.9. The molecule has 0 radical (unpaired) electrons. The van der Waals surface area contributed by atoms with E-state index in [1.165, 1.54) is 11.6 Å². The second-order valence-corrected chi connectivity index (χ2v) is 17.4. The van der Waals surface area contributed by atoms with Crippen LogP contribution < -0.4 is 14.5 Å². The molecule has 0 bridgehead atoms. The molecule has 7 aromatic carbocycles. The molecule has 0 amide bonds. The lowest BCUT2D eigenvalue weighted by molar-refractivity contribution is -0.156. The molecular weight excluding hydrogens is 813 g/mol. The van der Waals surface area contributed by atoms with Gasteiger partial charge in [0, 0.05) is 40.2 Å². The number of allylic oxidation sites excluding steroid dienone is 5. The van der Waals surface area contributed by atoms with Crippen LogP contribution in [0.15, 0.2) is 218 Å². The normalized spacial score (nSPS) is 12.7. The van der Waals surface area contributed by atoms with Gasteiger partial charge in [-0.05, 0) is 164 Å². The van der Waals surface area contributed by atoms with Gasteiger partial charge in [-0.1, -0.05) is 128 Å². The molecule has 6 nitrogen and oxygen atoms in total. The summed E-state index contributed by atoms with van der Waals surface area (Å²) >= 11 is 0. The van der Waals surface area contributed by atoms with Gasteiger partial charge in [0.05, 0.1) is 5.41 Å². The number of para-hydroxylation sites is 2. The molecule has 0 heterocycles. The van der Waals surface area contributed by atoms with Crippen molar-refractivity contribution < 1.29 is 19.1 Å². The Labute approximate surface area is 389 Å². The molecule has 0 aromatic heterocycles. The predicted octanol–water partition coefficient (Wildman–Crippen LogP) is 15.6. The average molecular weight is 869 g/mol. The van der Waals surface area contributed by atoms with Crippen LogP contribution >= 0.6 is 0 Å². The van der Waals surface area contributed by atoms with Crippen LogP contribution in [0.3, 0.4) is 0 Å². The number of hydrogen-bond donors (Lipinski definition) is 0. The zero-order valence-corrected chi connectivity index (χ0v) is 38.1. The van der Waals surface area contributed by atoms with Gasteiger partial charge in [0.25, 0.3) is 0 Å².